The number of amides is 2. The minimum atomic E-state index is -1.28. The number of carbonyl (C=O) groups excluding carboxylic acids is 1. The Kier molecular flexibility index (Phi) is 5.71. The average Bonchev–Trinajstić information content (AvgIpc) is 2.82. The van der Waals surface area contributed by atoms with Crippen molar-refractivity contribution < 1.29 is 14.7 Å². The largest absolute Gasteiger partial charge is 0.480 e. The normalized spacial score (nSPS) is 15.1. The molecular formula is C14H23N3O3S. The molecule has 6 nitrogen and oxygen atoms in total. The van der Waals surface area contributed by atoms with E-state index in [0.717, 1.165) is 10.7 Å². The predicted octanol–water partition coefficient (Wildman–Crippen LogP) is 2.48. The van der Waals surface area contributed by atoms with E-state index in [9.17, 15) is 14.7 Å². The lowest BCUT2D eigenvalue weighted by Gasteiger charge is -2.33. The Labute approximate surface area is 129 Å². The zero-order valence-electron chi connectivity index (χ0n) is 13.1. The van der Waals surface area contributed by atoms with Crippen LogP contribution in [0.1, 0.15) is 37.9 Å². The van der Waals surface area contributed by atoms with E-state index in [1.54, 1.807) is 14.0 Å². The number of aromatic nitrogens is 1. The first kappa shape index (κ1) is 17.4. The number of urea groups is 1. The summed E-state index contributed by atoms with van der Waals surface area (Å²) in [4.78, 5) is 29.5. The number of carboxylic acid groups (broad SMARTS) is 1. The first-order valence-electron chi connectivity index (χ1n) is 6.88. The molecule has 7 heteroatoms. The van der Waals surface area contributed by atoms with Crippen LogP contribution in [0, 0.1) is 12.8 Å². The fourth-order valence-corrected chi connectivity index (χ4v) is 2.51. The standard InChI is InChI=1S/C14H23N3O3S/c1-6-9(2)14(4,12(18)19)16-13(20)17(5)7-11-8-21-10(3)15-11/h8-9H,6-7H2,1-5H3,(H,16,20)(H,18,19)/t9-,14-/m0/s1. The second-order valence-electron chi connectivity index (χ2n) is 5.46. The Hall–Kier alpha value is -1.63. The van der Waals surface area contributed by atoms with Crippen LogP contribution in [-0.4, -0.2) is 39.6 Å². The summed E-state index contributed by atoms with van der Waals surface area (Å²) in [5, 5.41) is 14.9. The van der Waals surface area contributed by atoms with Crippen molar-refractivity contribution in [3.05, 3.63) is 16.1 Å². The molecule has 1 rings (SSSR count). The monoisotopic (exact) mass is 313 g/mol. The molecule has 2 atom stereocenters. The fraction of sp³-hybridized carbons (Fsp3) is 0.643. The Bertz CT molecular complexity index is 517. The molecule has 0 aliphatic carbocycles. The highest BCUT2D eigenvalue weighted by Crippen LogP contribution is 2.21. The summed E-state index contributed by atoms with van der Waals surface area (Å²) in [5.74, 6) is -1.20. The van der Waals surface area contributed by atoms with Crippen LogP contribution in [0.3, 0.4) is 0 Å². The van der Waals surface area contributed by atoms with Crippen molar-refractivity contribution >= 4 is 23.3 Å². The highest BCUT2D eigenvalue weighted by atomic mass is 32.1. The number of thiazole rings is 1. The van der Waals surface area contributed by atoms with E-state index in [4.69, 9.17) is 0 Å². The number of carboxylic acids is 1. The third-order valence-electron chi connectivity index (χ3n) is 3.82. The fourth-order valence-electron chi connectivity index (χ4n) is 1.91. The molecule has 0 saturated heterocycles. The van der Waals surface area contributed by atoms with Crippen LogP contribution in [0.25, 0.3) is 0 Å². The molecule has 1 aromatic heterocycles. The molecule has 0 aliphatic heterocycles. The molecule has 0 aliphatic rings. The summed E-state index contributed by atoms with van der Waals surface area (Å²) in [6.45, 7) is 7.52. The molecule has 2 N–H and O–H groups in total. The van der Waals surface area contributed by atoms with Gasteiger partial charge in [0.2, 0.25) is 0 Å². The van der Waals surface area contributed by atoms with Gasteiger partial charge in [0.05, 0.1) is 17.2 Å². The Morgan fingerprint density at radius 3 is 2.62 bits per heavy atom. The van der Waals surface area contributed by atoms with Gasteiger partial charge in [0.25, 0.3) is 0 Å². The molecule has 0 spiro atoms. The van der Waals surface area contributed by atoms with E-state index in [0.29, 0.717) is 13.0 Å². The van der Waals surface area contributed by atoms with Gasteiger partial charge in [-0.3, -0.25) is 0 Å². The summed E-state index contributed by atoms with van der Waals surface area (Å²) in [5.41, 5.74) is -0.478. The lowest BCUT2D eigenvalue weighted by atomic mass is 9.85. The molecule has 0 fully saturated rings. The van der Waals surface area contributed by atoms with Crippen molar-refractivity contribution in [3.63, 3.8) is 0 Å². The lowest BCUT2D eigenvalue weighted by molar-refractivity contribution is -0.146. The molecule has 0 unspecified atom stereocenters. The van der Waals surface area contributed by atoms with Crippen molar-refractivity contribution in [2.75, 3.05) is 7.05 Å². The van der Waals surface area contributed by atoms with Gasteiger partial charge in [0.15, 0.2) is 0 Å². The summed E-state index contributed by atoms with van der Waals surface area (Å²) >= 11 is 1.52. The van der Waals surface area contributed by atoms with Gasteiger partial charge in [-0.15, -0.1) is 11.3 Å². The average molecular weight is 313 g/mol. The van der Waals surface area contributed by atoms with E-state index in [1.807, 2.05) is 26.2 Å². The van der Waals surface area contributed by atoms with Crippen LogP contribution in [-0.2, 0) is 11.3 Å². The maximum atomic E-state index is 12.2. The quantitative estimate of drug-likeness (QED) is 0.845. The SMILES string of the molecule is CC[C@H](C)[C@](C)(NC(=O)N(C)Cc1csc(C)n1)C(=O)O. The van der Waals surface area contributed by atoms with Gasteiger partial charge in [-0.2, -0.15) is 0 Å². The first-order chi connectivity index (χ1) is 9.70. The van der Waals surface area contributed by atoms with Crippen molar-refractivity contribution in [1.82, 2.24) is 15.2 Å². The van der Waals surface area contributed by atoms with Crippen molar-refractivity contribution in [1.29, 1.82) is 0 Å². The Morgan fingerprint density at radius 2 is 2.19 bits per heavy atom. The number of carbonyl (C=O) groups is 2. The van der Waals surface area contributed by atoms with Crippen LogP contribution < -0.4 is 5.32 Å². The van der Waals surface area contributed by atoms with Gasteiger partial charge in [0, 0.05) is 12.4 Å². The number of aliphatic carboxylic acids is 1. The van der Waals surface area contributed by atoms with Gasteiger partial charge in [-0.25, -0.2) is 14.6 Å². The van der Waals surface area contributed by atoms with Crippen LogP contribution in [0.2, 0.25) is 0 Å². The number of rotatable bonds is 6. The first-order valence-corrected chi connectivity index (χ1v) is 7.76. The highest BCUT2D eigenvalue weighted by Gasteiger charge is 2.40. The van der Waals surface area contributed by atoms with E-state index in [1.165, 1.54) is 16.2 Å². The maximum absolute atomic E-state index is 12.2. The second-order valence-corrected chi connectivity index (χ2v) is 6.52. The number of nitrogens with zero attached hydrogens (tertiary/aromatic N) is 2. The van der Waals surface area contributed by atoms with Crippen molar-refractivity contribution in [2.45, 2.75) is 46.2 Å². The van der Waals surface area contributed by atoms with Crippen molar-refractivity contribution in [3.8, 4) is 0 Å². The zero-order valence-corrected chi connectivity index (χ0v) is 14.0. The molecule has 0 bridgehead atoms. The molecule has 0 aromatic carbocycles. The number of nitrogens with one attached hydrogen (secondary N) is 1. The molecule has 2 amide bonds. The summed E-state index contributed by atoms with van der Waals surface area (Å²) in [6.07, 6.45) is 0.665. The molecule has 1 heterocycles. The Morgan fingerprint density at radius 1 is 1.57 bits per heavy atom. The molecule has 0 radical (unpaired) electrons. The van der Waals surface area contributed by atoms with E-state index < -0.39 is 17.5 Å². The van der Waals surface area contributed by atoms with Crippen LogP contribution in [0.5, 0.6) is 0 Å². The molecular weight excluding hydrogens is 290 g/mol. The Balaban J connectivity index is 2.75. The van der Waals surface area contributed by atoms with Crippen molar-refractivity contribution in [2.24, 2.45) is 5.92 Å². The summed E-state index contributed by atoms with van der Waals surface area (Å²) < 4.78 is 0. The van der Waals surface area contributed by atoms with Crippen LogP contribution in [0.15, 0.2) is 5.38 Å². The minimum Gasteiger partial charge on any atom is -0.480 e. The van der Waals surface area contributed by atoms with E-state index >= 15 is 0 Å². The molecule has 118 valence electrons. The van der Waals surface area contributed by atoms with Gasteiger partial charge >= 0.3 is 12.0 Å². The predicted molar refractivity (Wildman–Crippen MR) is 82.3 cm³/mol. The molecule has 1 aromatic rings. The van der Waals surface area contributed by atoms with E-state index in [2.05, 4.69) is 10.3 Å². The van der Waals surface area contributed by atoms with E-state index in [-0.39, 0.29) is 5.92 Å². The second kappa shape index (κ2) is 6.89. The number of hydrogen-bond acceptors (Lipinski definition) is 4. The zero-order chi connectivity index (χ0) is 16.2. The lowest BCUT2D eigenvalue weighted by Crippen LogP contribution is -2.58. The third-order valence-corrected chi connectivity index (χ3v) is 4.64. The molecule has 21 heavy (non-hydrogen) atoms. The summed E-state index contributed by atoms with van der Waals surface area (Å²) in [7, 11) is 1.63. The topological polar surface area (TPSA) is 82.5 Å². The smallest absolute Gasteiger partial charge is 0.329 e. The highest BCUT2D eigenvalue weighted by molar-refractivity contribution is 7.09. The third kappa shape index (κ3) is 4.17. The number of hydrogen-bond donors (Lipinski definition) is 2. The number of aryl methyl sites for hydroxylation is 1. The minimum absolute atomic E-state index is 0.172. The summed E-state index contributed by atoms with van der Waals surface area (Å²) in [6, 6.07) is -0.411. The van der Waals surface area contributed by atoms with Gasteiger partial charge < -0.3 is 15.3 Å². The maximum Gasteiger partial charge on any atom is 0.329 e. The van der Waals surface area contributed by atoms with Gasteiger partial charge in [-0.05, 0) is 19.8 Å². The molecule has 0 saturated carbocycles. The van der Waals surface area contributed by atoms with Crippen LogP contribution in [0.4, 0.5) is 4.79 Å². The van der Waals surface area contributed by atoms with Crippen LogP contribution >= 0.6 is 11.3 Å². The van der Waals surface area contributed by atoms with Gasteiger partial charge in [-0.1, -0.05) is 20.3 Å². The van der Waals surface area contributed by atoms with Gasteiger partial charge in [0.1, 0.15) is 5.54 Å².